The van der Waals surface area contributed by atoms with Crippen molar-refractivity contribution in [2.75, 3.05) is 0 Å². The van der Waals surface area contributed by atoms with Crippen LogP contribution in [0.15, 0.2) is 6.20 Å². The molecule has 1 aromatic rings. The van der Waals surface area contributed by atoms with Gasteiger partial charge in [-0.1, -0.05) is 19.8 Å². The Hall–Kier alpha value is -1.85. The van der Waals surface area contributed by atoms with E-state index in [0.29, 0.717) is 12.8 Å². The first-order valence-electron chi connectivity index (χ1n) is 7.55. The number of carboxylic acid groups (broad SMARTS) is 1. The van der Waals surface area contributed by atoms with Crippen molar-refractivity contribution in [3.8, 4) is 0 Å². The Bertz CT molecular complexity index is 524. The predicted octanol–water partition coefficient (Wildman–Crippen LogP) is 1.28. The number of hydrogen-bond acceptors (Lipinski definition) is 3. The van der Waals surface area contributed by atoms with Crippen LogP contribution in [0.2, 0.25) is 0 Å². The Morgan fingerprint density at radius 1 is 1.57 bits per heavy atom. The molecule has 1 heterocycles. The molecule has 6 heteroatoms. The number of nitrogens with one attached hydrogen (secondary N) is 1. The first-order valence-corrected chi connectivity index (χ1v) is 7.55. The molecule has 0 fully saturated rings. The molecule has 0 radical (unpaired) electrons. The number of carbonyl (C=O) groups excluding carboxylic acids is 1. The molecule has 6 nitrogen and oxygen atoms in total. The molecular weight excluding hydrogens is 270 g/mol. The van der Waals surface area contributed by atoms with Crippen molar-refractivity contribution < 1.29 is 14.7 Å². The molecule has 21 heavy (non-hydrogen) atoms. The second-order valence-electron chi connectivity index (χ2n) is 5.72. The summed E-state index contributed by atoms with van der Waals surface area (Å²) in [4.78, 5) is 23.5. The topological polar surface area (TPSA) is 84.2 Å². The molecular formula is C15H23N3O3. The van der Waals surface area contributed by atoms with Crippen LogP contribution in [0.4, 0.5) is 0 Å². The highest BCUT2D eigenvalue weighted by Gasteiger charge is 2.29. The average Bonchev–Trinajstić information content (AvgIpc) is 2.84. The first-order chi connectivity index (χ1) is 10.0. The summed E-state index contributed by atoms with van der Waals surface area (Å²) in [5.41, 5.74) is 2.28. The minimum absolute atomic E-state index is 0.148. The van der Waals surface area contributed by atoms with E-state index in [4.69, 9.17) is 0 Å². The van der Waals surface area contributed by atoms with E-state index >= 15 is 0 Å². The van der Waals surface area contributed by atoms with Crippen LogP contribution in [0.1, 0.15) is 43.9 Å². The maximum atomic E-state index is 12.3. The van der Waals surface area contributed by atoms with Crippen LogP contribution in [0.5, 0.6) is 0 Å². The second-order valence-corrected chi connectivity index (χ2v) is 5.72. The Kier molecular flexibility index (Phi) is 4.98. The van der Waals surface area contributed by atoms with Gasteiger partial charge in [-0.05, 0) is 24.8 Å². The summed E-state index contributed by atoms with van der Waals surface area (Å²) in [6, 6.07) is -0.773. The van der Waals surface area contributed by atoms with Gasteiger partial charge in [0.25, 0.3) is 0 Å². The summed E-state index contributed by atoms with van der Waals surface area (Å²) in [6.45, 7) is 2.01. The van der Waals surface area contributed by atoms with Crippen molar-refractivity contribution in [3.63, 3.8) is 0 Å². The molecule has 1 unspecified atom stereocenters. The molecule has 1 aromatic heterocycles. The number of aliphatic carboxylic acids is 1. The number of hydrogen-bond donors (Lipinski definition) is 2. The molecule has 0 aromatic carbocycles. The standard InChI is InChI=1S/C15H23N3O3/c1-3-4-5-12(15(20)21)17-14(19)10-6-7-11-9-16-18(2)13(11)8-10/h9-10,12H,3-8H2,1-2H3,(H,17,19)(H,20,21)/t10?,12-/m0/s1. The molecule has 1 aliphatic rings. The number of carboxylic acids is 1. The van der Waals surface area contributed by atoms with Gasteiger partial charge in [-0.2, -0.15) is 5.10 Å². The third-order valence-electron chi connectivity index (χ3n) is 4.18. The van der Waals surface area contributed by atoms with Crippen LogP contribution >= 0.6 is 0 Å². The molecule has 0 saturated carbocycles. The lowest BCUT2D eigenvalue weighted by Gasteiger charge is -2.24. The van der Waals surface area contributed by atoms with E-state index in [1.165, 1.54) is 5.56 Å². The lowest BCUT2D eigenvalue weighted by Crippen LogP contribution is -2.44. The van der Waals surface area contributed by atoms with Crippen LogP contribution in [0, 0.1) is 5.92 Å². The highest BCUT2D eigenvalue weighted by Crippen LogP contribution is 2.25. The molecule has 0 bridgehead atoms. The van der Waals surface area contributed by atoms with Crippen molar-refractivity contribution >= 4 is 11.9 Å². The summed E-state index contributed by atoms with van der Waals surface area (Å²) >= 11 is 0. The van der Waals surface area contributed by atoms with Crippen LogP contribution in [-0.2, 0) is 29.5 Å². The summed E-state index contributed by atoms with van der Waals surface area (Å²) in [5.74, 6) is -1.25. The molecule has 0 saturated heterocycles. The van der Waals surface area contributed by atoms with Gasteiger partial charge in [-0.3, -0.25) is 9.48 Å². The normalized spacial score (nSPS) is 18.9. The number of amides is 1. The van der Waals surface area contributed by atoms with E-state index in [1.54, 1.807) is 4.68 Å². The fourth-order valence-corrected chi connectivity index (χ4v) is 2.82. The van der Waals surface area contributed by atoms with Crippen molar-refractivity contribution in [2.24, 2.45) is 13.0 Å². The van der Waals surface area contributed by atoms with Gasteiger partial charge in [0.05, 0.1) is 6.20 Å². The minimum atomic E-state index is -0.950. The molecule has 1 amide bonds. The number of aryl methyl sites for hydroxylation is 2. The van der Waals surface area contributed by atoms with Gasteiger partial charge in [-0.15, -0.1) is 0 Å². The van der Waals surface area contributed by atoms with Gasteiger partial charge in [0.2, 0.25) is 5.91 Å². The molecule has 1 aliphatic carbocycles. The highest BCUT2D eigenvalue weighted by atomic mass is 16.4. The molecule has 116 valence electrons. The zero-order valence-corrected chi connectivity index (χ0v) is 12.6. The molecule has 2 N–H and O–H groups in total. The van der Waals surface area contributed by atoms with E-state index < -0.39 is 12.0 Å². The van der Waals surface area contributed by atoms with Crippen molar-refractivity contribution in [1.82, 2.24) is 15.1 Å². The van der Waals surface area contributed by atoms with Gasteiger partial charge in [0, 0.05) is 25.1 Å². The third kappa shape index (κ3) is 3.62. The molecule has 2 atom stereocenters. The van der Waals surface area contributed by atoms with Gasteiger partial charge in [-0.25, -0.2) is 4.79 Å². The highest BCUT2D eigenvalue weighted by molar-refractivity contribution is 5.85. The van der Waals surface area contributed by atoms with Gasteiger partial charge < -0.3 is 10.4 Å². The fraction of sp³-hybridized carbons (Fsp3) is 0.667. The van der Waals surface area contributed by atoms with Gasteiger partial charge in [0.1, 0.15) is 6.04 Å². The molecule has 0 spiro atoms. The summed E-state index contributed by atoms with van der Waals surface area (Å²) in [6.07, 6.45) is 6.28. The van der Waals surface area contributed by atoms with Crippen LogP contribution in [-0.4, -0.2) is 32.8 Å². The number of fused-ring (bicyclic) bond motifs is 1. The average molecular weight is 293 g/mol. The van der Waals surface area contributed by atoms with Crippen molar-refractivity contribution in [2.45, 2.75) is 51.5 Å². The lowest BCUT2D eigenvalue weighted by atomic mass is 9.87. The summed E-state index contributed by atoms with van der Waals surface area (Å²) < 4.78 is 1.81. The zero-order valence-electron chi connectivity index (χ0n) is 12.6. The van der Waals surface area contributed by atoms with Crippen LogP contribution < -0.4 is 5.32 Å². The number of unbranched alkanes of at least 4 members (excludes halogenated alkanes) is 1. The summed E-state index contributed by atoms with van der Waals surface area (Å²) in [5, 5.41) is 16.1. The number of rotatable bonds is 6. The first kappa shape index (κ1) is 15.5. The fourth-order valence-electron chi connectivity index (χ4n) is 2.82. The monoisotopic (exact) mass is 293 g/mol. The maximum Gasteiger partial charge on any atom is 0.326 e. The van der Waals surface area contributed by atoms with E-state index in [1.807, 2.05) is 20.2 Å². The summed E-state index contributed by atoms with van der Waals surface area (Å²) in [7, 11) is 1.88. The zero-order chi connectivity index (χ0) is 15.4. The van der Waals surface area contributed by atoms with E-state index in [0.717, 1.165) is 31.4 Å². The quantitative estimate of drug-likeness (QED) is 0.827. The smallest absolute Gasteiger partial charge is 0.326 e. The molecule has 2 rings (SSSR count). The SMILES string of the molecule is CCCC[C@H](NC(=O)C1CCc2cnn(C)c2C1)C(=O)O. The van der Waals surface area contributed by atoms with Gasteiger partial charge >= 0.3 is 5.97 Å². The molecule has 0 aliphatic heterocycles. The maximum absolute atomic E-state index is 12.3. The van der Waals surface area contributed by atoms with Crippen LogP contribution in [0.3, 0.4) is 0 Å². The largest absolute Gasteiger partial charge is 0.480 e. The number of carbonyl (C=O) groups is 2. The Morgan fingerprint density at radius 3 is 3.00 bits per heavy atom. The van der Waals surface area contributed by atoms with Crippen molar-refractivity contribution in [1.29, 1.82) is 0 Å². The Balaban J connectivity index is 1.97. The third-order valence-corrected chi connectivity index (χ3v) is 4.18. The van der Waals surface area contributed by atoms with E-state index in [9.17, 15) is 14.7 Å². The van der Waals surface area contributed by atoms with E-state index in [2.05, 4.69) is 10.4 Å². The number of nitrogens with zero attached hydrogens (tertiary/aromatic N) is 2. The Morgan fingerprint density at radius 2 is 2.33 bits per heavy atom. The number of aromatic nitrogens is 2. The second kappa shape index (κ2) is 6.74. The Labute approximate surface area is 124 Å². The van der Waals surface area contributed by atoms with Crippen LogP contribution in [0.25, 0.3) is 0 Å². The van der Waals surface area contributed by atoms with Gasteiger partial charge in [0.15, 0.2) is 0 Å². The lowest BCUT2D eigenvalue weighted by molar-refractivity contribution is -0.142. The minimum Gasteiger partial charge on any atom is -0.480 e. The van der Waals surface area contributed by atoms with E-state index in [-0.39, 0.29) is 11.8 Å². The predicted molar refractivity (Wildman–Crippen MR) is 77.8 cm³/mol. The van der Waals surface area contributed by atoms with Crippen molar-refractivity contribution in [3.05, 3.63) is 17.5 Å².